The van der Waals surface area contributed by atoms with Crippen LogP contribution in [0.25, 0.3) is 5.57 Å². The Bertz CT molecular complexity index is 549. The van der Waals surface area contributed by atoms with Gasteiger partial charge in [-0.1, -0.05) is 17.7 Å². The van der Waals surface area contributed by atoms with E-state index in [0.717, 1.165) is 17.7 Å². The molecular formula is C11H12ClNO2S. The fourth-order valence-corrected chi connectivity index (χ4v) is 3.54. The molecule has 1 aliphatic heterocycles. The van der Waals surface area contributed by atoms with Crippen molar-refractivity contribution in [2.45, 2.75) is 11.3 Å². The highest BCUT2D eigenvalue weighted by Gasteiger charge is 2.26. The molecule has 0 atom stereocenters. The highest BCUT2D eigenvalue weighted by molar-refractivity contribution is 7.95. The Hall–Kier alpha value is -0.840. The number of hydrogen-bond donors (Lipinski definition) is 1. The molecule has 1 N–H and O–H groups in total. The van der Waals surface area contributed by atoms with Crippen molar-refractivity contribution in [3.05, 3.63) is 34.2 Å². The average Bonchev–Trinajstić information content (AvgIpc) is 2.48. The van der Waals surface area contributed by atoms with E-state index in [2.05, 4.69) is 5.32 Å². The lowest BCUT2D eigenvalue weighted by Crippen LogP contribution is -2.07. The van der Waals surface area contributed by atoms with Crippen LogP contribution in [0.15, 0.2) is 28.5 Å². The number of halogens is 1. The summed E-state index contributed by atoms with van der Waals surface area (Å²) >= 11 is 5.80. The van der Waals surface area contributed by atoms with Crippen LogP contribution in [-0.4, -0.2) is 22.0 Å². The quantitative estimate of drug-likeness (QED) is 0.902. The first-order valence-corrected chi connectivity index (χ1v) is 6.87. The standard InChI is InChI=1S/C11H12ClNO2S/c1-13-5-4-8-7-16(14,15)11-6-9(12)2-3-10(8)11/h2-3,6-7,13H,4-5H2,1H3. The molecule has 86 valence electrons. The zero-order valence-corrected chi connectivity index (χ0v) is 10.4. The summed E-state index contributed by atoms with van der Waals surface area (Å²) in [6, 6.07) is 4.99. The fraction of sp³-hybridized carbons (Fsp3) is 0.273. The topological polar surface area (TPSA) is 46.2 Å². The molecule has 1 aromatic rings. The van der Waals surface area contributed by atoms with Crippen molar-refractivity contribution in [3.63, 3.8) is 0 Å². The maximum Gasteiger partial charge on any atom is 0.200 e. The Kier molecular flexibility index (Phi) is 3.06. The summed E-state index contributed by atoms with van der Waals surface area (Å²) in [5.74, 6) is 0. The lowest BCUT2D eigenvalue weighted by atomic mass is 10.1. The highest BCUT2D eigenvalue weighted by atomic mass is 35.5. The molecule has 2 rings (SSSR count). The lowest BCUT2D eigenvalue weighted by molar-refractivity contribution is 0.605. The van der Waals surface area contributed by atoms with Crippen molar-refractivity contribution in [3.8, 4) is 0 Å². The van der Waals surface area contributed by atoms with Gasteiger partial charge in [0.05, 0.1) is 4.90 Å². The Labute approximate surface area is 100 Å². The van der Waals surface area contributed by atoms with Gasteiger partial charge in [-0.3, -0.25) is 0 Å². The maximum absolute atomic E-state index is 11.8. The molecule has 0 amide bonds. The largest absolute Gasteiger partial charge is 0.319 e. The summed E-state index contributed by atoms with van der Waals surface area (Å²) in [5, 5.41) is 4.79. The van der Waals surface area contributed by atoms with Gasteiger partial charge < -0.3 is 5.32 Å². The Morgan fingerprint density at radius 1 is 1.38 bits per heavy atom. The zero-order chi connectivity index (χ0) is 11.8. The molecule has 1 heterocycles. The van der Waals surface area contributed by atoms with E-state index in [-0.39, 0.29) is 0 Å². The van der Waals surface area contributed by atoms with Crippen LogP contribution in [0.2, 0.25) is 5.02 Å². The van der Waals surface area contributed by atoms with Crippen LogP contribution in [0.1, 0.15) is 12.0 Å². The number of benzene rings is 1. The van der Waals surface area contributed by atoms with Crippen LogP contribution < -0.4 is 5.32 Å². The van der Waals surface area contributed by atoms with Crippen molar-refractivity contribution in [2.75, 3.05) is 13.6 Å². The van der Waals surface area contributed by atoms with E-state index in [0.29, 0.717) is 16.3 Å². The number of sulfone groups is 1. The summed E-state index contributed by atoms with van der Waals surface area (Å²) in [4.78, 5) is 0.325. The molecule has 0 saturated carbocycles. The molecule has 0 bridgehead atoms. The number of fused-ring (bicyclic) bond motifs is 1. The van der Waals surface area contributed by atoms with Gasteiger partial charge in [-0.2, -0.15) is 0 Å². The van der Waals surface area contributed by atoms with Gasteiger partial charge in [0.1, 0.15) is 0 Å². The molecule has 0 spiro atoms. The second-order valence-electron chi connectivity index (χ2n) is 3.68. The second-order valence-corrected chi connectivity index (χ2v) is 5.88. The molecule has 1 aliphatic rings. The third kappa shape index (κ3) is 2.00. The van der Waals surface area contributed by atoms with Gasteiger partial charge in [0.25, 0.3) is 0 Å². The summed E-state index contributed by atoms with van der Waals surface area (Å²) in [5.41, 5.74) is 1.63. The van der Waals surface area contributed by atoms with Crippen LogP contribution >= 0.6 is 11.6 Å². The molecule has 3 nitrogen and oxygen atoms in total. The first-order chi connectivity index (χ1) is 7.54. The maximum atomic E-state index is 11.8. The summed E-state index contributed by atoms with van der Waals surface area (Å²) in [6.07, 6.45) is 0.699. The third-order valence-corrected chi connectivity index (χ3v) is 4.32. The minimum Gasteiger partial charge on any atom is -0.319 e. The molecule has 0 unspecified atom stereocenters. The first-order valence-electron chi connectivity index (χ1n) is 4.95. The van der Waals surface area contributed by atoms with Gasteiger partial charge >= 0.3 is 0 Å². The Morgan fingerprint density at radius 2 is 2.12 bits per heavy atom. The van der Waals surface area contributed by atoms with E-state index in [9.17, 15) is 8.42 Å². The van der Waals surface area contributed by atoms with Crippen LogP contribution in [0.5, 0.6) is 0 Å². The molecule has 0 aromatic heterocycles. The molecule has 1 aromatic carbocycles. The highest BCUT2D eigenvalue weighted by Crippen LogP contribution is 2.36. The van der Waals surface area contributed by atoms with Crippen LogP contribution in [0.4, 0.5) is 0 Å². The Balaban J connectivity index is 2.48. The van der Waals surface area contributed by atoms with Crippen molar-refractivity contribution in [1.82, 2.24) is 5.32 Å². The minimum atomic E-state index is -3.28. The van der Waals surface area contributed by atoms with Gasteiger partial charge in [0, 0.05) is 10.4 Å². The normalized spacial score (nSPS) is 17.0. The van der Waals surface area contributed by atoms with E-state index in [1.165, 1.54) is 11.5 Å². The molecule has 0 saturated heterocycles. The van der Waals surface area contributed by atoms with Crippen molar-refractivity contribution in [2.24, 2.45) is 0 Å². The smallest absolute Gasteiger partial charge is 0.200 e. The van der Waals surface area contributed by atoms with Gasteiger partial charge in [0.15, 0.2) is 0 Å². The molecule has 5 heteroatoms. The summed E-state index contributed by atoms with van der Waals surface area (Å²) in [6.45, 7) is 0.753. The third-order valence-electron chi connectivity index (χ3n) is 2.54. The van der Waals surface area contributed by atoms with Crippen molar-refractivity contribution in [1.29, 1.82) is 0 Å². The van der Waals surface area contributed by atoms with E-state index in [1.807, 2.05) is 7.05 Å². The van der Waals surface area contributed by atoms with Crippen molar-refractivity contribution < 1.29 is 8.42 Å². The molecule has 0 fully saturated rings. The molecule has 0 radical (unpaired) electrons. The van der Waals surface area contributed by atoms with Crippen LogP contribution in [-0.2, 0) is 9.84 Å². The number of hydrogen-bond acceptors (Lipinski definition) is 3. The van der Waals surface area contributed by atoms with E-state index >= 15 is 0 Å². The molecule has 0 aliphatic carbocycles. The predicted molar refractivity (Wildman–Crippen MR) is 65.2 cm³/mol. The van der Waals surface area contributed by atoms with Crippen molar-refractivity contribution >= 4 is 27.0 Å². The average molecular weight is 258 g/mol. The predicted octanol–water partition coefficient (Wildman–Crippen LogP) is 2.08. The lowest BCUT2D eigenvalue weighted by Gasteiger charge is -2.04. The number of nitrogens with one attached hydrogen (secondary N) is 1. The van der Waals surface area contributed by atoms with Gasteiger partial charge in [0.2, 0.25) is 9.84 Å². The second kappa shape index (κ2) is 4.20. The minimum absolute atomic E-state index is 0.325. The Morgan fingerprint density at radius 3 is 2.81 bits per heavy atom. The van der Waals surface area contributed by atoms with E-state index in [1.54, 1.807) is 12.1 Å². The SMILES string of the molecule is CNCCC1=CS(=O)(=O)c2cc(Cl)ccc21. The van der Waals surface area contributed by atoms with Gasteiger partial charge in [-0.05, 0) is 43.3 Å². The summed E-state index contributed by atoms with van der Waals surface area (Å²) < 4.78 is 23.6. The van der Waals surface area contributed by atoms with Gasteiger partial charge in [-0.15, -0.1) is 0 Å². The number of rotatable bonds is 3. The zero-order valence-electron chi connectivity index (χ0n) is 8.83. The first kappa shape index (κ1) is 11.6. The fourth-order valence-electron chi connectivity index (χ4n) is 1.76. The molecular weight excluding hydrogens is 246 g/mol. The van der Waals surface area contributed by atoms with Gasteiger partial charge in [-0.25, -0.2) is 8.42 Å². The van der Waals surface area contributed by atoms with Crippen LogP contribution in [0, 0.1) is 0 Å². The van der Waals surface area contributed by atoms with E-state index < -0.39 is 9.84 Å². The van der Waals surface area contributed by atoms with E-state index in [4.69, 9.17) is 11.6 Å². The van der Waals surface area contributed by atoms with Crippen LogP contribution in [0.3, 0.4) is 0 Å². The monoisotopic (exact) mass is 257 g/mol. The molecule has 16 heavy (non-hydrogen) atoms. The summed E-state index contributed by atoms with van der Waals surface area (Å²) in [7, 11) is -1.44.